The van der Waals surface area contributed by atoms with Crippen LogP contribution < -0.4 is 5.32 Å². The number of aromatic nitrogens is 2. The Bertz CT molecular complexity index is 426. The molecule has 0 amide bonds. The van der Waals surface area contributed by atoms with E-state index in [1.54, 1.807) is 7.05 Å². The molecule has 7 nitrogen and oxygen atoms in total. The number of anilines is 1. The lowest BCUT2D eigenvalue weighted by Crippen LogP contribution is -2.31. The van der Waals surface area contributed by atoms with Crippen molar-refractivity contribution < 1.29 is 9.66 Å². The Morgan fingerprint density at radius 1 is 1.61 bits per heavy atom. The van der Waals surface area contributed by atoms with Gasteiger partial charge < -0.3 is 10.1 Å². The number of nitro groups is 1. The van der Waals surface area contributed by atoms with E-state index in [-0.39, 0.29) is 11.7 Å². The summed E-state index contributed by atoms with van der Waals surface area (Å²) in [6.07, 6.45) is 3.38. The number of hydrogen-bond acceptors (Lipinski definition) is 5. The third-order valence-corrected chi connectivity index (χ3v) is 3.34. The van der Waals surface area contributed by atoms with Crippen LogP contribution in [-0.4, -0.2) is 34.0 Å². The first-order valence-electron chi connectivity index (χ1n) is 6.10. The van der Waals surface area contributed by atoms with Gasteiger partial charge in [0.25, 0.3) is 0 Å². The number of hydrogen-bond donors (Lipinski definition) is 1. The average Bonchev–Trinajstić information content (AvgIpc) is 2.71. The molecule has 0 saturated carbocycles. The lowest BCUT2D eigenvalue weighted by Gasteiger charge is -2.28. The zero-order chi connectivity index (χ0) is 13.1. The monoisotopic (exact) mass is 254 g/mol. The van der Waals surface area contributed by atoms with Crippen LogP contribution in [0.3, 0.4) is 0 Å². The Hall–Kier alpha value is -1.63. The second kappa shape index (κ2) is 5.34. The second-order valence-electron chi connectivity index (χ2n) is 4.68. The van der Waals surface area contributed by atoms with Gasteiger partial charge in [-0.2, -0.15) is 0 Å². The van der Waals surface area contributed by atoms with E-state index in [1.165, 1.54) is 10.9 Å². The lowest BCUT2D eigenvalue weighted by molar-refractivity contribution is -0.384. The molecule has 1 unspecified atom stereocenters. The number of ether oxygens (including phenoxy) is 1. The third-order valence-electron chi connectivity index (χ3n) is 3.34. The van der Waals surface area contributed by atoms with Crippen LogP contribution in [0.15, 0.2) is 6.20 Å². The maximum Gasteiger partial charge on any atom is 0.330 e. The highest BCUT2D eigenvalue weighted by Crippen LogP contribution is 2.26. The van der Waals surface area contributed by atoms with Crippen molar-refractivity contribution in [2.45, 2.75) is 25.8 Å². The molecule has 18 heavy (non-hydrogen) atoms. The summed E-state index contributed by atoms with van der Waals surface area (Å²) in [7, 11) is 1.68. The van der Waals surface area contributed by atoms with Crippen molar-refractivity contribution in [3.05, 3.63) is 16.3 Å². The standard InChI is InChI=1S/C11H18N4O3/c1-8(9-3-5-18-6-4-9)12-11-10(15(16)17)7-14(2)13-11/h7-9H,3-6H2,1-2H3,(H,12,13). The van der Waals surface area contributed by atoms with Crippen LogP contribution in [-0.2, 0) is 11.8 Å². The number of aryl methyl sites for hydroxylation is 1. The predicted molar refractivity (Wildman–Crippen MR) is 66.5 cm³/mol. The van der Waals surface area contributed by atoms with Crippen molar-refractivity contribution in [2.75, 3.05) is 18.5 Å². The molecular weight excluding hydrogens is 236 g/mol. The summed E-state index contributed by atoms with van der Waals surface area (Å²) in [5.41, 5.74) is 0.0245. The van der Waals surface area contributed by atoms with Gasteiger partial charge in [-0.05, 0) is 25.7 Å². The molecule has 2 heterocycles. The zero-order valence-electron chi connectivity index (χ0n) is 10.6. The highest BCUT2D eigenvalue weighted by molar-refractivity contribution is 5.55. The van der Waals surface area contributed by atoms with E-state index < -0.39 is 4.92 Å². The summed E-state index contributed by atoms with van der Waals surface area (Å²) in [6, 6.07) is 0.155. The molecule has 1 aromatic rings. The fourth-order valence-corrected chi connectivity index (χ4v) is 2.26. The number of nitrogens with one attached hydrogen (secondary N) is 1. The molecule has 1 atom stereocenters. The van der Waals surface area contributed by atoms with E-state index in [1.807, 2.05) is 6.92 Å². The molecule has 0 radical (unpaired) electrons. The number of nitrogens with zero attached hydrogens (tertiary/aromatic N) is 3. The largest absolute Gasteiger partial charge is 0.381 e. The summed E-state index contributed by atoms with van der Waals surface area (Å²) in [5.74, 6) is 0.821. The number of rotatable bonds is 4. The Morgan fingerprint density at radius 2 is 2.28 bits per heavy atom. The van der Waals surface area contributed by atoms with Gasteiger partial charge in [0.05, 0.1) is 4.92 Å². The van der Waals surface area contributed by atoms with Crippen molar-refractivity contribution in [1.82, 2.24) is 9.78 Å². The molecule has 0 bridgehead atoms. The topological polar surface area (TPSA) is 82.2 Å². The third kappa shape index (κ3) is 2.79. The van der Waals surface area contributed by atoms with Gasteiger partial charge in [0.15, 0.2) is 0 Å². The van der Waals surface area contributed by atoms with Crippen molar-refractivity contribution in [3.8, 4) is 0 Å². The van der Waals surface area contributed by atoms with Crippen LogP contribution in [0.5, 0.6) is 0 Å². The zero-order valence-corrected chi connectivity index (χ0v) is 10.6. The molecule has 100 valence electrons. The van der Waals surface area contributed by atoms with Crippen LogP contribution in [0.2, 0.25) is 0 Å². The van der Waals surface area contributed by atoms with E-state index in [4.69, 9.17) is 4.74 Å². The maximum atomic E-state index is 10.9. The molecule has 2 rings (SSSR count). The Morgan fingerprint density at radius 3 is 2.89 bits per heavy atom. The second-order valence-corrected chi connectivity index (χ2v) is 4.68. The molecule has 0 aromatic carbocycles. The quantitative estimate of drug-likeness (QED) is 0.651. The van der Waals surface area contributed by atoms with Gasteiger partial charge in [-0.3, -0.25) is 14.8 Å². The van der Waals surface area contributed by atoms with Gasteiger partial charge in [0.2, 0.25) is 5.82 Å². The van der Waals surface area contributed by atoms with Crippen LogP contribution in [0.4, 0.5) is 11.5 Å². The summed E-state index contributed by atoms with van der Waals surface area (Å²) in [6.45, 7) is 3.57. The highest BCUT2D eigenvalue weighted by atomic mass is 16.6. The van der Waals surface area contributed by atoms with Gasteiger partial charge in [-0.15, -0.1) is 5.10 Å². The van der Waals surface area contributed by atoms with Crippen LogP contribution >= 0.6 is 0 Å². The van der Waals surface area contributed by atoms with Crippen LogP contribution in [0, 0.1) is 16.0 Å². The van der Waals surface area contributed by atoms with E-state index in [9.17, 15) is 10.1 Å². The maximum absolute atomic E-state index is 10.9. The van der Waals surface area contributed by atoms with Crippen molar-refractivity contribution in [3.63, 3.8) is 0 Å². The minimum absolute atomic E-state index is 0.0245. The molecule has 1 aliphatic heterocycles. The van der Waals surface area contributed by atoms with E-state index in [0.717, 1.165) is 26.1 Å². The van der Waals surface area contributed by atoms with E-state index in [0.29, 0.717) is 11.7 Å². The van der Waals surface area contributed by atoms with Gasteiger partial charge in [-0.25, -0.2) is 0 Å². The molecule has 0 aliphatic carbocycles. The van der Waals surface area contributed by atoms with Crippen molar-refractivity contribution in [1.29, 1.82) is 0 Å². The van der Waals surface area contributed by atoms with Gasteiger partial charge in [-0.1, -0.05) is 0 Å². The van der Waals surface area contributed by atoms with E-state index in [2.05, 4.69) is 10.4 Å². The first-order chi connectivity index (χ1) is 8.58. The van der Waals surface area contributed by atoms with Gasteiger partial charge >= 0.3 is 5.69 Å². The van der Waals surface area contributed by atoms with Crippen LogP contribution in [0.1, 0.15) is 19.8 Å². The van der Waals surface area contributed by atoms with Crippen molar-refractivity contribution >= 4 is 11.5 Å². The average molecular weight is 254 g/mol. The smallest absolute Gasteiger partial charge is 0.330 e. The lowest BCUT2D eigenvalue weighted by atomic mass is 9.93. The SMILES string of the molecule is CC(Nc1nn(C)cc1[N+](=O)[O-])C1CCOCC1. The Kier molecular flexibility index (Phi) is 3.81. The molecule has 1 aliphatic rings. The molecular formula is C11H18N4O3. The van der Waals surface area contributed by atoms with Gasteiger partial charge in [0, 0.05) is 26.3 Å². The summed E-state index contributed by atoms with van der Waals surface area (Å²) >= 11 is 0. The molecule has 7 heteroatoms. The summed E-state index contributed by atoms with van der Waals surface area (Å²) in [5, 5.41) is 18.1. The fourth-order valence-electron chi connectivity index (χ4n) is 2.26. The fraction of sp³-hybridized carbons (Fsp3) is 0.727. The molecule has 1 aromatic heterocycles. The summed E-state index contributed by atoms with van der Waals surface area (Å²) < 4.78 is 6.77. The molecule has 1 fully saturated rings. The van der Waals surface area contributed by atoms with Gasteiger partial charge in [0.1, 0.15) is 6.20 Å². The van der Waals surface area contributed by atoms with E-state index >= 15 is 0 Å². The first-order valence-corrected chi connectivity index (χ1v) is 6.10. The summed E-state index contributed by atoms with van der Waals surface area (Å²) in [4.78, 5) is 10.5. The van der Waals surface area contributed by atoms with Crippen LogP contribution in [0.25, 0.3) is 0 Å². The Labute approximate surface area is 105 Å². The predicted octanol–water partition coefficient (Wildman–Crippen LogP) is 1.56. The molecule has 1 N–H and O–H groups in total. The first kappa shape index (κ1) is 12.8. The highest BCUT2D eigenvalue weighted by Gasteiger charge is 2.25. The minimum atomic E-state index is -0.411. The Balaban J connectivity index is 2.05. The van der Waals surface area contributed by atoms with Crippen molar-refractivity contribution in [2.24, 2.45) is 13.0 Å². The molecule has 0 spiro atoms. The molecule has 1 saturated heterocycles. The minimum Gasteiger partial charge on any atom is -0.381 e. The normalized spacial score (nSPS) is 18.6.